The molecule has 0 spiro atoms. The summed E-state index contributed by atoms with van der Waals surface area (Å²) in [6.45, 7) is -0.216. The number of benzene rings is 2. The van der Waals surface area contributed by atoms with E-state index in [1.54, 1.807) is 0 Å². The number of aromatic nitrogens is 6. The second kappa shape index (κ2) is 14.4. The third-order valence-electron chi connectivity index (χ3n) is 5.99. The van der Waals surface area contributed by atoms with Gasteiger partial charge in [0, 0.05) is 37.6 Å². The summed E-state index contributed by atoms with van der Waals surface area (Å²) in [5.41, 5.74) is -0.714. The molecule has 0 aliphatic heterocycles. The highest BCUT2D eigenvalue weighted by Crippen LogP contribution is 2.26. The van der Waals surface area contributed by atoms with Crippen LogP contribution in [0.15, 0.2) is 48.8 Å². The molecule has 47 heavy (non-hydrogen) atoms. The van der Waals surface area contributed by atoms with Gasteiger partial charge in [0.15, 0.2) is 11.5 Å². The fourth-order valence-corrected chi connectivity index (χ4v) is 3.99. The molecule has 0 aliphatic rings. The predicted molar refractivity (Wildman–Crippen MR) is 144 cm³/mol. The maximum Gasteiger partial charge on any atom is 0.573 e. The minimum atomic E-state index is -5.00. The summed E-state index contributed by atoms with van der Waals surface area (Å²) >= 11 is 0. The van der Waals surface area contributed by atoms with Crippen LogP contribution < -0.4 is 20.1 Å². The quantitative estimate of drug-likeness (QED) is 0.185. The topological polar surface area (TPSA) is 138 Å². The molecule has 2 aromatic carbocycles. The molecule has 0 radical (unpaired) electrons. The van der Waals surface area contributed by atoms with Crippen molar-refractivity contribution < 1.29 is 54.2 Å². The Morgan fingerprint density at radius 3 is 2.21 bits per heavy atom. The molecule has 4 aromatic rings. The van der Waals surface area contributed by atoms with Gasteiger partial charge in [0.2, 0.25) is 5.91 Å². The van der Waals surface area contributed by atoms with E-state index in [-0.39, 0.29) is 47.9 Å². The zero-order chi connectivity index (χ0) is 34.4. The van der Waals surface area contributed by atoms with Gasteiger partial charge < -0.3 is 20.1 Å². The van der Waals surface area contributed by atoms with Crippen molar-refractivity contribution in [3.05, 3.63) is 77.2 Å². The lowest BCUT2D eigenvalue weighted by Crippen LogP contribution is -2.24. The Balaban J connectivity index is 1.22. The molecule has 2 amide bonds. The summed E-state index contributed by atoms with van der Waals surface area (Å²) in [4.78, 5) is 24.7. The second-order valence-corrected chi connectivity index (χ2v) is 9.95. The van der Waals surface area contributed by atoms with E-state index in [0.717, 1.165) is 47.3 Å². The lowest BCUT2D eigenvalue weighted by molar-refractivity contribution is -0.274. The molecular formula is C27H24F8N8O4. The van der Waals surface area contributed by atoms with Crippen molar-refractivity contribution in [3.63, 3.8) is 0 Å². The number of aryl methyl sites for hydroxylation is 1. The van der Waals surface area contributed by atoms with Crippen LogP contribution in [-0.2, 0) is 30.8 Å². The van der Waals surface area contributed by atoms with Crippen molar-refractivity contribution in [1.29, 1.82) is 0 Å². The van der Waals surface area contributed by atoms with Crippen molar-refractivity contribution >= 4 is 17.6 Å². The van der Waals surface area contributed by atoms with Gasteiger partial charge in [0.1, 0.15) is 29.3 Å². The number of nitrogens with one attached hydrogen (secondary N) is 2. The molecule has 20 heteroatoms. The second-order valence-electron chi connectivity index (χ2n) is 9.95. The Hall–Kier alpha value is -5.30. The summed E-state index contributed by atoms with van der Waals surface area (Å²) in [7, 11) is 0. The average molecular weight is 677 g/mol. The molecule has 1 atom stereocenters. The fourth-order valence-electron chi connectivity index (χ4n) is 3.99. The summed E-state index contributed by atoms with van der Waals surface area (Å²) < 4.78 is 116. The van der Waals surface area contributed by atoms with E-state index in [9.17, 15) is 44.7 Å². The normalized spacial score (nSPS) is 12.4. The molecule has 0 saturated heterocycles. The number of rotatable bonds is 14. The van der Waals surface area contributed by atoms with Gasteiger partial charge in [-0.3, -0.25) is 14.3 Å². The minimum Gasteiger partial charge on any atom is -0.433 e. The molecule has 1 unspecified atom stereocenters. The Labute approximate surface area is 259 Å². The van der Waals surface area contributed by atoms with Crippen LogP contribution in [-0.4, -0.2) is 60.4 Å². The van der Waals surface area contributed by atoms with Gasteiger partial charge in [0.05, 0.1) is 25.4 Å². The largest absolute Gasteiger partial charge is 0.573 e. The molecule has 2 heterocycles. The number of halogens is 8. The van der Waals surface area contributed by atoms with Crippen molar-refractivity contribution in [2.45, 2.75) is 58.0 Å². The van der Waals surface area contributed by atoms with Gasteiger partial charge in [-0.2, -0.15) is 8.78 Å². The van der Waals surface area contributed by atoms with E-state index in [0.29, 0.717) is 6.92 Å². The molecule has 0 aliphatic carbocycles. The molecule has 0 saturated carbocycles. The van der Waals surface area contributed by atoms with Crippen LogP contribution in [0.25, 0.3) is 0 Å². The minimum absolute atomic E-state index is 0.0180. The summed E-state index contributed by atoms with van der Waals surface area (Å²) in [6, 6.07) is 5.15. The third-order valence-corrected chi connectivity index (χ3v) is 5.99. The molecule has 2 N–H and O–H groups in total. The van der Waals surface area contributed by atoms with Crippen molar-refractivity contribution in [2.75, 3.05) is 5.32 Å². The van der Waals surface area contributed by atoms with Crippen LogP contribution >= 0.6 is 0 Å². The smallest absolute Gasteiger partial charge is 0.433 e. The van der Waals surface area contributed by atoms with Gasteiger partial charge in [-0.25, -0.2) is 17.9 Å². The lowest BCUT2D eigenvalue weighted by atomic mass is 10.1. The van der Waals surface area contributed by atoms with Crippen LogP contribution in [0.2, 0.25) is 0 Å². The van der Waals surface area contributed by atoms with Crippen molar-refractivity contribution in [3.8, 4) is 11.5 Å². The SMILES string of the molecule is CC(F)(F)Oc1ccc(F)c(CNC(=O)c2cn(CC(F)CCn3cc(NC(=O)Cc4cc(OC(F)(F)F)ccc4F)nn3)nn2)c1. The number of carbonyl (C=O) groups excluding carboxylic acids is 2. The van der Waals surface area contributed by atoms with E-state index in [4.69, 9.17) is 0 Å². The van der Waals surface area contributed by atoms with E-state index < -0.39 is 60.8 Å². The number of anilines is 1. The number of nitrogens with zero attached hydrogens (tertiary/aromatic N) is 6. The molecule has 0 fully saturated rings. The number of alkyl halides is 6. The maximum absolute atomic E-state index is 14.6. The maximum atomic E-state index is 14.6. The Morgan fingerprint density at radius 1 is 0.894 bits per heavy atom. The van der Waals surface area contributed by atoms with Crippen molar-refractivity contribution in [1.82, 2.24) is 35.3 Å². The van der Waals surface area contributed by atoms with E-state index in [2.05, 4.69) is 40.7 Å². The van der Waals surface area contributed by atoms with Gasteiger partial charge in [-0.15, -0.1) is 23.4 Å². The molecule has 4 rings (SSSR count). The first-order chi connectivity index (χ1) is 22.0. The zero-order valence-corrected chi connectivity index (χ0v) is 24.1. The van der Waals surface area contributed by atoms with Gasteiger partial charge in [-0.05, 0) is 36.4 Å². The first kappa shape index (κ1) is 34.6. The number of ether oxygens (including phenoxy) is 2. The fraction of sp³-hybridized carbons (Fsp3) is 0.333. The Kier molecular flexibility index (Phi) is 10.6. The zero-order valence-electron chi connectivity index (χ0n) is 24.1. The summed E-state index contributed by atoms with van der Waals surface area (Å²) in [6.07, 6.45) is -8.38. The number of hydrogen-bond donors (Lipinski definition) is 2. The highest BCUT2D eigenvalue weighted by Gasteiger charge is 2.31. The molecule has 2 aromatic heterocycles. The van der Waals surface area contributed by atoms with Crippen LogP contribution in [0.1, 0.15) is 35.0 Å². The Bertz CT molecular complexity index is 1710. The standard InChI is InChI=1S/C27H24F8N8O4/c1-26(31,32)46-18-2-5-21(30)16(9-18)11-36-25(45)22-13-43(40-38-22)12-17(28)6-7-42-14-23(39-41-42)37-24(44)10-15-8-19(3-4-20(15)29)47-27(33,34)35/h2-5,8-9,13-14,17H,6-7,10-12H2,1H3,(H,36,45)(H,37,44). The number of hydrogen-bond acceptors (Lipinski definition) is 8. The molecular weight excluding hydrogens is 652 g/mol. The summed E-state index contributed by atoms with van der Waals surface area (Å²) in [5.74, 6) is -4.40. The van der Waals surface area contributed by atoms with Gasteiger partial charge >= 0.3 is 12.5 Å². The molecule has 12 nitrogen and oxygen atoms in total. The monoisotopic (exact) mass is 676 g/mol. The van der Waals surface area contributed by atoms with Gasteiger partial charge in [0.25, 0.3) is 5.91 Å². The number of carbonyl (C=O) groups is 2. The predicted octanol–water partition coefficient (Wildman–Crippen LogP) is 4.58. The molecule has 0 bridgehead atoms. The third kappa shape index (κ3) is 10.9. The highest BCUT2D eigenvalue weighted by atomic mass is 19.4. The van der Waals surface area contributed by atoms with Crippen LogP contribution in [0.4, 0.5) is 40.9 Å². The van der Waals surface area contributed by atoms with E-state index >= 15 is 0 Å². The van der Waals surface area contributed by atoms with Crippen LogP contribution in [0.3, 0.4) is 0 Å². The van der Waals surface area contributed by atoms with E-state index in [1.165, 1.54) is 10.9 Å². The first-order valence-corrected chi connectivity index (χ1v) is 13.4. The van der Waals surface area contributed by atoms with Gasteiger partial charge in [-0.1, -0.05) is 10.4 Å². The van der Waals surface area contributed by atoms with Crippen molar-refractivity contribution in [2.24, 2.45) is 0 Å². The van der Waals surface area contributed by atoms with E-state index in [1.807, 2.05) is 0 Å². The number of amides is 2. The van der Waals surface area contributed by atoms with Crippen LogP contribution in [0.5, 0.6) is 11.5 Å². The lowest BCUT2D eigenvalue weighted by Gasteiger charge is -2.14. The first-order valence-electron chi connectivity index (χ1n) is 13.4. The summed E-state index contributed by atoms with van der Waals surface area (Å²) in [5, 5.41) is 19.4. The average Bonchev–Trinajstić information content (AvgIpc) is 3.62. The van der Waals surface area contributed by atoms with Crippen LogP contribution in [0, 0.1) is 11.6 Å². The molecule has 252 valence electrons. The highest BCUT2D eigenvalue weighted by molar-refractivity contribution is 5.92. The Morgan fingerprint density at radius 2 is 1.53 bits per heavy atom.